The maximum atomic E-state index is 4.46. The first-order chi connectivity index (χ1) is 8.36. The molecule has 0 bridgehead atoms. The van der Waals surface area contributed by atoms with E-state index in [-0.39, 0.29) is 0 Å². The molecule has 0 unspecified atom stereocenters. The van der Waals surface area contributed by atoms with Crippen LogP contribution in [0.15, 0.2) is 30.6 Å². The third-order valence-electron chi connectivity index (χ3n) is 2.81. The van der Waals surface area contributed by atoms with E-state index in [0.717, 1.165) is 42.7 Å². The Morgan fingerprint density at radius 1 is 1.00 bits per heavy atom. The Bertz CT molecular complexity index is 470. The molecule has 17 heavy (non-hydrogen) atoms. The highest BCUT2D eigenvalue weighted by Crippen LogP contribution is 2.22. The fraction of sp³-hybridized carbons (Fsp3) is 0.429. The number of anilines is 1. The molecule has 0 saturated heterocycles. The molecule has 0 spiro atoms. The monoisotopic (exact) mass is 229 g/mol. The van der Waals surface area contributed by atoms with Crippen LogP contribution in [0.5, 0.6) is 0 Å². The third-order valence-corrected chi connectivity index (χ3v) is 2.81. The summed E-state index contributed by atoms with van der Waals surface area (Å²) in [7, 11) is 0. The van der Waals surface area contributed by atoms with Crippen LogP contribution in [0.25, 0.3) is 10.9 Å². The molecule has 90 valence electrons. The van der Waals surface area contributed by atoms with Crippen LogP contribution in [0.4, 0.5) is 5.82 Å². The van der Waals surface area contributed by atoms with Gasteiger partial charge in [0.05, 0.1) is 5.52 Å². The van der Waals surface area contributed by atoms with Crippen LogP contribution in [0.3, 0.4) is 0 Å². The Labute approximate surface area is 103 Å². The van der Waals surface area contributed by atoms with Crippen LogP contribution in [0, 0.1) is 0 Å². The average Bonchev–Trinajstić information content (AvgIpc) is 2.38. The van der Waals surface area contributed by atoms with Gasteiger partial charge in [-0.1, -0.05) is 26.0 Å². The van der Waals surface area contributed by atoms with Crippen molar-refractivity contribution in [3.8, 4) is 0 Å². The molecular weight excluding hydrogens is 210 g/mol. The zero-order chi connectivity index (χ0) is 12.1. The number of hydrogen-bond acceptors (Lipinski definition) is 3. The minimum absolute atomic E-state index is 1.02. The third kappa shape index (κ3) is 2.54. The molecule has 0 amide bonds. The Morgan fingerprint density at radius 2 is 1.71 bits per heavy atom. The van der Waals surface area contributed by atoms with E-state index in [1.165, 1.54) is 0 Å². The van der Waals surface area contributed by atoms with Gasteiger partial charge < -0.3 is 4.90 Å². The van der Waals surface area contributed by atoms with Gasteiger partial charge >= 0.3 is 0 Å². The summed E-state index contributed by atoms with van der Waals surface area (Å²) in [6.45, 7) is 6.50. The maximum absolute atomic E-state index is 4.46. The molecule has 0 N–H and O–H groups in total. The molecule has 0 aliphatic carbocycles. The van der Waals surface area contributed by atoms with Gasteiger partial charge in [0.2, 0.25) is 0 Å². The Balaban J connectivity index is 2.44. The van der Waals surface area contributed by atoms with Crippen molar-refractivity contribution in [2.45, 2.75) is 26.7 Å². The summed E-state index contributed by atoms with van der Waals surface area (Å²) in [4.78, 5) is 11.1. The van der Waals surface area contributed by atoms with E-state index in [1.807, 2.05) is 18.2 Å². The largest absolute Gasteiger partial charge is 0.356 e. The standard InChI is InChI=1S/C14H19N3/c1-3-9-17(10-4-2)14-12-7-5-6-8-13(12)15-11-16-14/h5-8,11H,3-4,9-10H2,1-2H3. The zero-order valence-corrected chi connectivity index (χ0v) is 10.6. The lowest BCUT2D eigenvalue weighted by molar-refractivity contribution is 0.736. The smallest absolute Gasteiger partial charge is 0.139 e. The molecule has 0 atom stereocenters. The molecule has 1 heterocycles. The Kier molecular flexibility index (Phi) is 3.91. The first kappa shape index (κ1) is 11.8. The molecule has 3 heteroatoms. The minimum atomic E-state index is 1.02. The molecule has 0 aliphatic rings. The zero-order valence-electron chi connectivity index (χ0n) is 10.6. The molecule has 0 saturated carbocycles. The van der Waals surface area contributed by atoms with E-state index >= 15 is 0 Å². The number of rotatable bonds is 5. The van der Waals surface area contributed by atoms with Gasteiger partial charge in [0, 0.05) is 18.5 Å². The van der Waals surface area contributed by atoms with Crippen molar-refractivity contribution >= 4 is 16.7 Å². The van der Waals surface area contributed by atoms with Crippen LogP contribution in [0.1, 0.15) is 26.7 Å². The van der Waals surface area contributed by atoms with E-state index < -0.39 is 0 Å². The predicted octanol–water partition coefficient (Wildman–Crippen LogP) is 3.26. The SMILES string of the molecule is CCCN(CCC)c1ncnc2ccccc12. The van der Waals surface area contributed by atoms with Crippen LogP contribution in [-0.2, 0) is 0 Å². The highest BCUT2D eigenvalue weighted by atomic mass is 15.2. The first-order valence-electron chi connectivity index (χ1n) is 6.31. The summed E-state index contributed by atoms with van der Waals surface area (Å²) < 4.78 is 0. The number of nitrogens with zero attached hydrogens (tertiary/aromatic N) is 3. The summed E-state index contributed by atoms with van der Waals surface area (Å²) in [6.07, 6.45) is 3.94. The molecule has 2 rings (SSSR count). The van der Waals surface area contributed by atoms with Crippen LogP contribution in [-0.4, -0.2) is 23.1 Å². The van der Waals surface area contributed by atoms with Gasteiger partial charge in [-0.15, -0.1) is 0 Å². The van der Waals surface area contributed by atoms with E-state index in [4.69, 9.17) is 0 Å². The summed E-state index contributed by atoms with van der Waals surface area (Å²) in [5, 5.41) is 1.15. The number of hydrogen-bond donors (Lipinski definition) is 0. The topological polar surface area (TPSA) is 29.0 Å². The second-order valence-corrected chi connectivity index (χ2v) is 4.20. The van der Waals surface area contributed by atoms with Crippen LogP contribution < -0.4 is 4.90 Å². The van der Waals surface area contributed by atoms with Crippen molar-refractivity contribution in [2.24, 2.45) is 0 Å². The highest BCUT2D eigenvalue weighted by molar-refractivity contribution is 5.89. The predicted molar refractivity (Wildman–Crippen MR) is 72.3 cm³/mol. The van der Waals surface area contributed by atoms with Crippen molar-refractivity contribution in [2.75, 3.05) is 18.0 Å². The maximum Gasteiger partial charge on any atom is 0.139 e. The van der Waals surface area contributed by atoms with Gasteiger partial charge in [-0.25, -0.2) is 9.97 Å². The molecule has 1 aromatic carbocycles. The fourth-order valence-electron chi connectivity index (χ4n) is 2.11. The second kappa shape index (κ2) is 5.62. The quantitative estimate of drug-likeness (QED) is 0.788. The second-order valence-electron chi connectivity index (χ2n) is 4.20. The van der Waals surface area contributed by atoms with Gasteiger partial charge in [-0.3, -0.25) is 0 Å². The van der Waals surface area contributed by atoms with Crippen LogP contribution >= 0.6 is 0 Å². The molecule has 1 aromatic heterocycles. The molecule has 0 aliphatic heterocycles. The van der Waals surface area contributed by atoms with Crippen LogP contribution in [0.2, 0.25) is 0 Å². The summed E-state index contributed by atoms with van der Waals surface area (Å²) in [6, 6.07) is 8.20. The van der Waals surface area contributed by atoms with E-state index in [0.29, 0.717) is 0 Å². The van der Waals surface area contributed by atoms with Gasteiger partial charge in [0.15, 0.2) is 0 Å². The molecule has 2 aromatic rings. The van der Waals surface area contributed by atoms with E-state index in [2.05, 4.69) is 34.8 Å². The normalized spacial score (nSPS) is 10.7. The lowest BCUT2D eigenvalue weighted by Gasteiger charge is -2.23. The highest BCUT2D eigenvalue weighted by Gasteiger charge is 2.10. The molecule has 0 radical (unpaired) electrons. The molecule has 3 nitrogen and oxygen atoms in total. The Morgan fingerprint density at radius 3 is 2.41 bits per heavy atom. The Hall–Kier alpha value is -1.64. The van der Waals surface area contributed by atoms with Crippen molar-refractivity contribution in [3.63, 3.8) is 0 Å². The van der Waals surface area contributed by atoms with E-state index in [1.54, 1.807) is 6.33 Å². The number of para-hydroxylation sites is 1. The average molecular weight is 229 g/mol. The van der Waals surface area contributed by atoms with Crippen molar-refractivity contribution < 1.29 is 0 Å². The lowest BCUT2D eigenvalue weighted by atomic mass is 10.2. The summed E-state index contributed by atoms with van der Waals surface area (Å²) >= 11 is 0. The van der Waals surface area contributed by atoms with Crippen molar-refractivity contribution in [1.82, 2.24) is 9.97 Å². The summed E-state index contributed by atoms with van der Waals surface area (Å²) in [5.74, 6) is 1.07. The number of fused-ring (bicyclic) bond motifs is 1. The van der Waals surface area contributed by atoms with Gasteiger partial charge in [0.25, 0.3) is 0 Å². The molecule has 0 fully saturated rings. The first-order valence-corrected chi connectivity index (χ1v) is 6.31. The number of benzene rings is 1. The van der Waals surface area contributed by atoms with Gasteiger partial charge in [-0.05, 0) is 25.0 Å². The lowest BCUT2D eigenvalue weighted by Crippen LogP contribution is -2.26. The number of aromatic nitrogens is 2. The van der Waals surface area contributed by atoms with Gasteiger partial charge in [0.1, 0.15) is 12.1 Å². The minimum Gasteiger partial charge on any atom is -0.356 e. The van der Waals surface area contributed by atoms with E-state index in [9.17, 15) is 0 Å². The fourth-order valence-corrected chi connectivity index (χ4v) is 2.11. The van der Waals surface area contributed by atoms with Crippen molar-refractivity contribution in [3.05, 3.63) is 30.6 Å². The summed E-state index contributed by atoms with van der Waals surface area (Å²) in [5.41, 5.74) is 1.02. The molecular formula is C14H19N3. The van der Waals surface area contributed by atoms with Gasteiger partial charge in [-0.2, -0.15) is 0 Å². The van der Waals surface area contributed by atoms with Crippen molar-refractivity contribution in [1.29, 1.82) is 0 Å².